The molecule has 1 aliphatic carbocycles. The highest BCUT2D eigenvalue weighted by atomic mass is 35.5. The quantitative estimate of drug-likeness (QED) is 0.870. The number of carbonyl (C=O) groups is 2. The molecule has 1 aliphatic heterocycles. The molecule has 4 nitrogen and oxygen atoms in total. The fraction of sp³-hybridized carbons (Fsp3) is 0.733. The molecular weight excluding hydrogens is 276 g/mol. The van der Waals surface area contributed by atoms with Gasteiger partial charge in [-0.05, 0) is 18.8 Å². The number of nitrogens with one attached hydrogen (secondary N) is 1. The molecule has 1 saturated heterocycles. The van der Waals surface area contributed by atoms with Gasteiger partial charge in [0.2, 0.25) is 11.8 Å². The molecule has 1 N–H and O–H groups in total. The van der Waals surface area contributed by atoms with Crippen molar-refractivity contribution < 1.29 is 9.59 Å². The molecule has 1 saturated carbocycles. The zero-order valence-corrected chi connectivity index (χ0v) is 12.9. The van der Waals surface area contributed by atoms with Crippen LogP contribution in [0, 0.1) is 5.92 Å². The van der Waals surface area contributed by atoms with Gasteiger partial charge in [0.05, 0.1) is 0 Å². The zero-order valence-electron chi connectivity index (χ0n) is 12.2. The Morgan fingerprint density at radius 3 is 2.55 bits per heavy atom. The summed E-state index contributed by atoms with van der Waals surface area (Å²) in [5.74, 6) is 0.129. The van der Waals surface area contributed by atoms with Gasteiger partial charge in [0.1, 0.15) is 11.6 Å². The van der Waals surface area contributed by atoms with E-state index in [2.05, 4.69) is 5.32 Å². The molecule has 2 amide bonds. The summed E-state index contributed by atoms with van der Waals surface area (Å²) in [5, 5.41) is 2.95. The molecule has 112 valence electrons. The van der Waals surface area contributed by atoms with E-state index < -0.39 is 11.6 Å². The highest BCUT2D eigenvalue weighted by Crippen LogP contribution is 2.37. The first-order valence-electron chi connectivity index (χ1n) is 7.40. The molecule has 2 rings (SSSR count). The Kier molecular flexibility index (Phi) is 4.74. The molecule has 1 unspecified atom stereocenters. The molecule has 5 heteroatoms. The molecule has 2 fully saturated rings. The lowest BCUT2D eigenvalue weighted by molar-refractivity contribution is -0.160. The van der Waals surface area contributed by atoms with Crippen molar-refractivity contribution in [3.63, 3.8) is 0 Å². The lowest BCUT2D eigenvalue weighted by atomic mass is 9.76. The van der Waals surface area contributed by atoms with E-state index in [0.717, 1.165) is 32.1 Å². The van der Waals surface area contributed by atoms with E-state index in [9.17, 15) is 9.59 Å². The van der Waals surface area contributed by atoms with Crippen LogP contribution >= 0.6 is 11.6 Å². The molecule has 20 heavy (non-hydrogen) atoms. The topological polar surface area (TPSA) is 49.4 Å². The van der Waals surface area contributed by atoms with Crippen LogP contribution in [0.2, 0.25) is 0 Å². The van der Waals surface area contributed by atoms with E-state index in [1.807, 2.05) is 13.8 Å². The van der Waals surface area contributed by atoms with Crippen molar-refractivity contribution in [2.45, 2.75) is 57.5 Å². The van der Waals surface area contributed by atoms with Gasteiger partial charge in [0, 0.05) is 12.1 Å². The third-order valence-electron chi connectivity index (χ3n) is 4.48. The van der Waals surface area contributed by atoms with E-state index >= 15 is 0 Å². The van der Waals surface area contributed by atoms with Crippen LogP contribution in [0.1, 0.15) is 46.0 Å². The second-order valence-corrected chi connectivity index (χ2v) is 6.35. The molecule has 1 heterocycles. The van der Waals surface area contributed by atoms with E-state index in [1.54, 1.807) is 11.0 Å². The molecule has 0 aromatic heterocycles. The summed E-state index contributed by atoms with van der Waals surface area (Å²) in [4.78, 5) is 27.1. The highest BCUT2D eigenvalue weighted by Gasteiger charge is 2.52. The van der Waals surface area contributed by atoms with Gasteiger partial charge < -0.3 is 10.2 Å². The van der Waals surface area contributed by atoms with E-state index in [-0.39, 0.29) is 17.7 Å². The molecule has 0 radical (unpaired) electrons. The third kappa shape index (κ3) is 2.58. The standard InChI is InChI=1S/C15H23ClN2O2/c1-11(2)12-13(19)18(10-6-9-16)15(14(20)17-12)7-4-3-5-8-15/h6,9,11-12H,3-5,7-8,10H2,1-2H3,(H,17,20)/b9-6+. The van der Waals surface area contributed by atoms with Crippen LogP contribution in [0.4, 0.5) is 0 Å². The second-order valence-electron chi connectivity index (χ2n) is 6.10. The number of nitrogens with zero attached hydrogens (tertiary/aromatic N) is 1. The van der Waals surface area contributed by atoms with Crippen molar-refractivity contribution in [1.29, 1.82) is 0 Å². The first-order valence-corrected chi connectivity index (χ1v) is 7.84. The number of halogens is 1. The van der Waals surface area contributed by atoms with Crippen molar-refractivity contribution in [1.82, 2.24) is 10.2 Å². The summed E-state index contributed by atoms with van der Waals surface area (Å²) in [6.45, 7) is 4.33. The summed E-state index contributed by atoms with van der Waals surface area (Å²) in [6, 6.07) is -0.418. The predicted molar refractivity (Wildman–Crippen MR) is 79.3 cm³/mol. The number of hydrogen-bond donors (Lipinski definition) is 1. The number of carbonyl (C=O) groups excluding carboxylic acids is 2. The smallest absolute Gasteiger partial charge is 0.246 e. The van der Waals surface area contributed by atoms with Crippen LogP contribution in [-0.2, 0) is 9.59 Å². The van der Waals surface area contributed by atoms with Gasteiger partial charge in [0.25, 0.3) is 0 Å². The molecule has 0 aromatic carbocycles. The predicted octanol–water partition coefficient (Wildman–Crippen LogP) is 2.42. The Morgan fingerprint density at radius 2 is 2.00 bits per heavy atom. The van der Waals surface area contributed by atoms with Gasteiger partial charge in [-0.1, -0.05) is 50.8 Å². The van der Waals surface area contributed by atoms with Crippen molar-refractivity contribution in [3.05, 3.63) is 11.6 Å². The van der Waals surface area contributed by atoms with Crippen LogP contribution < -0.4 is 5.32 Å². The van der Waals surface area contributed by atoms with Crippen LogP contribution in [0.15, 0.2) is 11.6 Å². The summed E-state index contributed by atoms with van der Waals surface area (Å²) in [6.07, 6.45) is 6.38. The van der Waals surface area contributed by atoms with Gasteiger partial charge in [-0.15, -0.1) is 0 Å². The van der Waals surface area contributed by atoms with E-state index in [0.29, 0.717) is 6.54 Å². The van der Waals surface area contributed by atoms with Crippen molar-refractivity contribution in [2.75, 3.05) is 6.54 Å². The Bertz CT molecular complexity index is 414. The SMILES string of the molecule is CC(C)C1NC(=O)C2(CCCCC2)N(C/C=C/Cl)C1=O. The number of rotatable bonds is 3. The van der Waals surface area contributed by atoms with E-state index in [4.69, 9.17) is 11.6 Å². The van der Waals surface area contributed by atoms with Crippen LogP contribution in [0.3, 0.4) is 0 Å². The summed E-state index contributed by atoms with van der Waals surface area (Å²) >= 11 is 5.61. The van der Waals surface area contributed by atoms with Crippen LogP contribution in [0.5, 0.6) is 0 Å². The molecule has 2 aliphatic rings. The Balaban J connectivity index is 2.33. The third-order valence-corrected chi connectivity index (χ3v) is 4.66. The number of piperazine rings is 1. The van der Waals surface area contributed by atoms with Crippen LogP contribution in [-0.4, -0.2) is 34.8 Å². The van der Waals surface area contributed by atoms with Crippen molar-refractivity contribution in [3.8, 4) is 0 Å². The van der Waals surface area contributed by atoms with Gasteiger partial charge >= 0.3 is 0 Å². The van der Waals surface area contributed by atoms with Crippen molar-refractivity contribution in [2.24, 2.45) is 5.92 Å². The van der Waals surface area contributed by atoms with Gasteiger partial charge in [-0.3, -0.25) is 9.59 Å². The maximum absolute atomic E-state index is 12.7. The van der Waals surface area contributed by atoms with Gasteiger partial charge in [-0.2, -0.15) is 0 Å². The minimum atomic E-state index is -0.656. The Morgan fingerprint density at radius 1 is 1.35 bits per heavy atom. The first kappa shape index (κ1) is 15.4. The molecular formula is C15H23ClN2O2. The number of amides is 2. The Hall–Kier alpha value is -1.03. The largest absolute Gasteiger partial charge is 0.342 e. The molecule has 1 atom stereocenters. The van der Waals surface area contributed by atoms with Crippen molar-refractivity contribution >= 4 is 23.4 Å². The average molecular weight is 299 g/mol. The number of hydrogen-bond acceptors (Lipinski definition) is 2. The fourth-order valence-corrected chi connectivity index (χ4v) is 3.41. The summed E-state index contributed by atoms with van der Waals surface area (Å²) in [5.41, 5.74) is 0.762. The van der Waals surface area contributed by atoms with Crippen LogP contribution in [0.25, 0.3) is 0 Å². The Labute approximate surface area is 125 Å². The first-order chi connectivity index (χ1) is 9.53. The van der Waals surface area contributed by atoms with Gasteiger partial charge in [-0.25, -0.2) is 0 Å². The lowest BCUT2D eigenvalue weighted by Gasteiger charge is -2.50. The van der Waals surface area contributed by atoms with Gasteiger partial charge in [0.15, 0.2) is 0 Å². The average Bonchev–Trinajstić information content (AvgIpc) is 2.44. The maximum atomic E-state index is 12.7. The molecule has 0 aromatic rings. The summed E-state index contributed by atoms with van der Waals surface area (Å²) < 4.78 is 0. The summed E-state index contributed by atoms with van der Waals surface area (Å²) in [7, 11) is 0. The zero-order chi connectivity index (χ0) is 14.8. The minimum Gasteiger partial charge on any atom is -0.342 e. The minimum absolute atomic E-state index is 0.0125. The maximum Gasteiger partial charge on any atom is 0.246 e. The fourth-order valence-electron chi connectivity index (χ4n) is 3.33. The molecule has 0 bridgehead atoms. The lowest BCUT2D eigenvalue weighted by Crippen LogP contribution is -2.72. The monoisotopic (exact) mass is 298 g/mol. The highest BCUT2D eigenvalue weighted by molar-refractivity contribution is 6.25. The van der Waals surface area contributed by atoms with E-state index in [1.165, 1.54) is 5.54 Å². The normalized spacial score (nSPS) is 26.6. The second kappa shape index (κ2) is 6.17. The molecule has 1 spiro atoms.